The predicted molar refractivity (Wildman–Crippen MR) is 65.8 cm³/mol. The van der Waals surface area contributed by atoms with Gasteiger partial charge in [-0.2, -0.15) is 0 Å². The molecule has 3 aromatic rings. The van der Waals surface area contributed by atoms with E-state index >= 15 is 0 Å². The number of hydrogen-bond donors (Lipinski definition) is 1. The fraction of sp³-hybridized carbons (Fsp3) is 0.0714. The topological polar surface area (TPSA) is 46.3 Å². The van der Waals surface area contributed by atoms with Crippen molar-refractivity contribution in [2.45, 2.75) is 6.92 Å². The first kappa shape index (κ1) is 8.82. The molecule has 0 aliphatic heterocycles. The molecule has 0 unspecified atom stereocenters. The van der Waals surface area contributed by atoms with Crippen molar-refractivity contribution in [1.29, 1.82) is 1.43 Å². The number of aromatic nitrogens is 1. The molecule has 0 saturated heterocycles. The molecule has 0 aliphatic carbocycles. The molecule has 3 heteroatoms. The minimum absolute atomic E-state index is 0.446. The van der Waals surface area contributed by atoms with Crippen LogP contribution in [-0.2, 0) is 0 Å². The summed E-state index contributed by atoms with van der Waals surface area (Å²) in [5.74, 6) is 0.917. The monoisotopic (exact) mass is 226 g/mol. The van der Waals surface area contributed by atoms with Crippen molar-refractivity contribution in [3.8, 4) is 17.2 Å². The highest BCUT2D eigenvalue weighted by Crippen LogP contribution is 2.31. The number of hydrogen-bond acceptors (Lipinski definition) is 3. The molecule has 0 amide bonds. The van der Waals surface area contributed by atoms with Crippen LogP contribution in [0.25, 0.3) is 22.6 Å². The van der Waals surface area contributed by atoms with Gasteiger partial charge in [0, 0.05) is 0 Å². The average molecular weight is 226 g/mol. The molecule has 0 aliphatic rings. The maximum absolute atomic E-state index is 7.10. The lowest BCUT2D eigenvalue weighted by Crippen LogP contribution is -1.80. The van der Waals surface area contributed by atoms with Gasteiger partial charge in [0.2, 0.25) is 5.89 Å². The van der Waals surface area contributed by atoms with Crippen LogP contribution in [0.5, 0.6) is 5.75 Å². The first-order valence-corrected chi connectivity index (χ1v) is 5.37. The number of para-hydroxylation sites is 2. The highest BCUT2D eigenvalue weighted by Gasteiger charge is 2.11. The first-order chi connectivity index (χ1) is 8.78. The van der Waals surface area contributed by atoms with Gasteiger partial charge < -0.3 is 9.53 Å². The molecule has 0 atom stereocenters. The lowest BCUT2D eigenvalue weighted by atomic mass is 10.1. The van der Waals surface area contributed by atoms with Gasteiger partial charge in [-0.15, -0.1) is 0 Å². The number of nitrogens with zero attached hydrogens (tertiary/aromatic N) is 1. The van der Waals surface area contributed by atoms with E-state index in [1.54, 1.807) is 6.07 Å². The number of benzene rings is 2. The Morgan fingerprint density at radius 2 is 2.12 bits per heavy atom. The number of fused-ring (bicyclic) bond motifs is 1. The van der Waals surface area contributed by atoms with Crippen molar-refractivity contribution in [2.75, 3.05) is 0 Å². The molecular weight excluding hydrogens is 214 g/mol. The van der Waals surface area contributed by atoms with Crippen molar-refractivity contribution in [2.24, 2.45) is 0 Å². The summed E-state index contributed by atoms with van der Waals surface area (Å²) in [4.78, 5) is 4.39. The largest absolute Gasteiger partial charge is 0.507 e. The molecular formula is C14H11NO2. The summed E-state index contributed by atoms with van der Waals surface area (Å²) in [6.07, 6.45) is 0. The standard InChI is InChI=1S/C14H11NO2/c1-9-6-7-10(12(16)8-9)14-15-11-4-2-3-5-13(11)17-14/h2-8,16H,1H3/i/hD. The summed E-state index contributed by atoms with van der Waals surface area (Å²) in [5.41, 5.74) is 3.23. The van der Waals surface area contributed by atoms with E-state index in [9.17, 15) is 0 Å². The Morgan fingerprint density at radius 1 is 1.24 bits per heavy atom. The molecule has 1 aromatic heterocycles. The summed E-state index contributed by atoms with van der Waals surface area (Å²) in [7, 11) is 0. The Morgan fingerprint density at radius 3 is 2.94 bits per heavy atom. The minimum Gasteiger partial charge on any atom is -0.507 e. The molecule has 1 N–H and O–H groups in total. The number of phenols is 1. The van der Waals surface area contributed by atoms with E-state index in [4.69, 9.17) is 5.85 Å². The van der Waals surface area contributed by atoms with E-state index in [0.29, 0.717) is 17.2 Å². The Balaban J connectivity index is 2.19. The average Bonchev–Trinajstić information content (AvgIpc) is 2.82. The van der Waals surface area contributed by atoms with Gasteiger partial charge >= 0.3 is 0 Å². The Hall–Kier alpha value is -2.29. The van der Waals surface area contributed by atoms with E-state index in [0.717, 1.165) is 16.7 Å². The van der Waals surface area contributed by atoms with Crippen LogP contribution >= 0.6 is 0 Å². The Labute approximate surface area is 99.8 Å². The zero-order valence-corrected chi connectivity index (χ0v) is 9.31. The van der Waals surface area contributed by atoms with Crippen molar-refractivity contribution < 1.29 is 9.53 Å². The highest BCUT2D eigenvalue weighted by atomic mass is 16.3. The lowest BCUT2D eigenvalue weighted by Gasteiger charge is -2.00. The maximum atomic E-state index is 7.10. The summed E-state index contributed by atoms with van der Waals surface area (Å²) in [6, 6.07) is 13.1. The normalized spacial score (nSPS) is 11.5. The van der Waals surface area contributed by atoms with Crippen molar-refractivity contribution in [3.05, 3.63) is 48.0 Å². The van der Waals surface area contributed by atoms with Crippen LogP contribution in [-0.4, -0.2) is 11.5 Å². The third-order valence-corrected chi connectivity index (χ3v) is 2.66. The molecule has 0 radical (unpaired) electrons. The highest BCUT2D eigenvalue weighted by molar-refractivity contribution is 5.77. The zero-order valence-electron chi connectivity index (χ0n) is 10.3. The Kier molecular flexibility index (Phi) is 1.88. The van der Waals surface area contributed by atoms with Gasteiger partial charge in [-0.3, -0.25) is 0 Å². The molecule has 2 aromatic carbocycles. The zero-order chi connectivity index (χ0) is 12.5. The maximum Gasteiger partial charge on any atom is 0.293 e. The van der Waals surface area contributed by atoms with E-state index in [-0.39, 0.29) is 0 Å². The van der Waals surface area contributed by atoms with Crippen molar-refractivity contribution in [1.82, 2.24) is 4.98 Å². The van der Waals surface area contributed by atoms with Crippen LogP contribution in [0, 0.1) is 6.92 Å². The van der Waals surface area contributed by atoms with E-state index in [2.05, 4.69) is 10.1 Å². The summed E-state index contributed by atoms with van der Waals surface area (Å²) in [6.45, 7) is 1.94. The van der Waals surface area contributed by atoms with E-state index in [1.165, 1.54) is 0 Å². The molecule has 17 heavy (non-hydrogen) atoms. The van der Waals surface area contributed by atoms with Crippen LogP contribution in [0.15, 0.2) is 46.9 Å². The summed E-state index contributed by atoms with van der Waals surface area (Å²) >= 11 is 0. The molecule has 0 saturated carbocycles. The number of aromatic hydroxyl groups is 1. The molecule has 3 rings (SSSR count). The van der Waals surface area contributed by atoms with Crippen LogP contribution < -0.4 is 0 Å². The third kappa shape index (κ3) is 1.65. The fourth-order valence-electron chi connectivity index (χ4n) is 1.79. The quantitative estimate of drug-likeness (QED) is 0.727. The Bertz CT molecular complexity index is 673. The van der Waals surface area contributed by atoms with E-state index in [1.807, 2.05) is 43.3 Å². The van der Waals surface area contributed by atoms with Gasteiger partial charge in [0.05, 0.1) is 5.56 Å². The minimum atomic E-state index is 0.446. The molecule has 0 bridgehead atoms. The van der Waals surface area contributed by atoms with Crippen LogP contribution in [0.3, 0.4) is 0 Å². The van der Waals surface area contributed by atoms with E-state index < -0.39 is 0 Å². The van der Waals surface area contributed by atoms with Crippen LogP contribution in [0.1, 0.15) is 5.56 Å². The van der Waals surface area contributed by atoms with Gasteiger partial charge in [-0.1, -0.05) is 18.2 Å². The fourth-order valence-corrected chi connectivity index (χ4v) is 1.79. The second-order valence-corrected chi connectivity index (χ2v) is 3.99. The van der Waals surface area contributed by atoms with Crippen LogP contribution in [0.4, 0.5) is 0 Å². The number of rotatable bonds is 2. The molecule has 0 fully saturated rings. The number of aryl methyl sites for hydroxylation is 1. The second-order valence-electron chi connectivity index (χ2n) is 3.99. The van der Waals surface area contributed by atoms with Gasteiger partial charge in [-0.25, -0.2) is 4.98 Å². The molecule has 3 nitrogen and oxygen atoms in total. The van der Waals surface area contributed by atoms with Gasteiger partial charge in [0.25, 0.3) is 1.43 Å². The molecule has 84 valence electrons. The molecule has 1 heterocycles. The first-order valence-electron chi connectivity index (χ1n) is 5.78. The number of oxazole rings is 1. The van der Waals surface area contributed by atoms with Gasteiger partial charge in [0.1, 0.15) is 11.3 Å². The summed E-state index contributed by atoms with van der Waals surface area (Å²) < 4.78 is 12.8. The smallest absolute Gasteiger partial charge is 0.293 e. The van der Waals surface area contributed by atoms with Crippen LogP contribution in [0.2, 0.25) is 0 Å². The van der Waals surface area contributed by atoms with Crippen molar-refractivity contribution in [3.63, 3.8) is 0 Å². The molecule has 0 spiro atoms. The predicted octanol–water partition coefficient (Wildman–Crippen LogP) is 3.51. The van der Waals surface area contributed by atoms with Gasteiger partial charge in [-0.05, 0) is 36.8 Å². The lowest BCUT2D eigenvalue weighted by molar-refractivity contribution is 0.473. The summed E-state index contributed by atoms with van der Waals surface area (Å²) in [5, 5.41) is 4.63. The SMILES string of the molecule is [2H]Oc1cc(C)ccc1-c1nc2ccccc2o1. The third-order valence-electron chi connectivity index (χ3n) is 2.66. The van der Waals surface area contributed by atoms with Gasteiger partial charge in [0.15, 0.2) is 5.58 Å². The van der Waals surface area contributed by atoms with Crippen molar-refractivity contribution >= 4 is 11.1 Å². The second kappa shape index (κ2) is 3.63. The number of phenolic OH excluding ortho intramolecular Hbond substituents is 1.